The van der Waals surface area contributed by atoms with Crippen molar-refractivity contribution in [2.24, 2.45) is 0 Å². The van der Waals surface area contributed by atoms with Gasteiger partial charge in [0.05, 0.1) is 12.8 Å². The van der Waals surface area contributed by atoms with Crippen LogP contribution in [0.5, 0.6) is 5.75 Å². The van der Waals surface area contributed by atoms with Crippen LogP contribution in [0.3, 0.4) is 0 Å². The van der Waals surface area contributed by atoms with Gasteiger partial charge < -0.3 is 14.5 Å². The third kappa shape index (κ3) is 3.84. The summed E-state index contributed by atoms with van der Waals surface area (Å²) in [5.74, 6) is 1.12. The van der Waals surface area contributed by atoms with Crippen molar-refractivity contribution >= 4 is 0 Å². The zero-order chi connectivity index (χ0) is 14.5. The molecule has 0 amide bonds. The molecule has 1 heterocycles. The molecule has 1 aromatic carbocycles. The second-order valence-electron chi connectivity index (χ2n) is 5.10. The molecule has 1 N–H and O–H groups in total. The fourth-order valence-corrected chi connectivity index (χ4v) is 1.77. The molecule has 0 bridgehead atoms. The molecule has 0 saturated heterocycles. The Kier molecular flexibility index (Phi) is 4.79. The molecular formula is C16H20FNO2. The summed E-state index contributed by atoms with van der Waals surface area (Å²) in [5.41, 5.74) is 1.58. The summed E-state index contributed by atoms with van der Waals surface area (Å²) in [6.07, 6.45) is 1.64. The highest BCUT2D eigenvalue weighted by Gasteiger charge is 2.08. The van der Waals surface area contributed by atoms with Crippen molar-refractivity contribution < 1.29 is 13.5 Å². The Morgan fingerprint density at radius 3 is 2.80 bits per heavy atom. The van der Waals surface area contributed by atoms with Gasteiger partial charge in [0, 0.05) is 17.7 Å². The normalized spacial score (nSPS) is 11.1. The second kappa shape index (κ2) is 6.57. The fraction of sp³-hybridized carbons (Fsp3) is 0.375. The Morgan fingerprint density at radius 1 is 1.30 bits per heavy atom. The number of nitrogens with one attached hydrogen (secondary N) is 1. The van der Waals surface area contributed by atoms with Crippen LogP contribution in [-0.4, -0.2) is 6.04 Å². The average Bonchev–Trinajstić information content (AvgIpc) is 2.85. The second-order valence-corrected chi connectivity index (χ2v) is 5.10. The van der Waals surface area contributed by atoms with Crippen molar-refractivity contribution in [3.63, 3.8) is 0 Å². The summed E-state index contributed by atoms with van der Waals surface area (Å²) in [4.78, 5) is 0. The highest BCUT2D eigenvalue weighted by Crippen LogP contribution is 2.19. The minimum atomic E-state index is -0.253. The van der Waals surface area contributed by atoms with E-state index in [0.717, 1.165) is 11.3 Å². The van der Waals surface area contributed by atoms with E-state index >= 15 is 0 Å². The molecule has 108 valence electrons. The maximum Gasteiger partial charge on any atom is 0.129 e. The summed E-state index contributed by atoms with van der Waals surface area (Å²) in [6.45, 7) is 6.91. The molecule has 0 saturated carbocycles. The minimum absolute atomic E-state index is 0.253. The van der Waals surface area contributed by atoms with E-state index in [-0.39, 0.29) is 5.82 Å². The molecule has 3 nitrogen and oxygen atoms in total. The number of benzene rings is 1. The van der Waals surface area contributed by atoms with Gasteiger partial charge in [-0.3, -0.25) is 0 Å². The van der Waals surface area contributed by atoms with Crippen molar-refractivity contribution in [2.45, 2.75) is 40.0 Å². The van der Waals surface area contributed by atoms with Crippen LogP contribution in [0.2, 0.25) is 0 Å². The van der Waals surface area contributed by atoms with E-state index < -0.39 is 0 Å². The third-order valence-electron chi connectivity index (χ3n) is 3.05. The molecule has 0 atom stereocenters. The maximum atomic E-state index is 13.4. The molecule has 0 radical (unpaired) electrons. The number of aryl methyl sites for hydroxylation is 1. The lowest BCUT2D eigenvalue weighted by Gasteiger charge is -2.09. The fourth-order valence-electron chi connectivity index (χ4n) is 1.77. The standard InChI is InChI=1S/C16H20FNO2/c1-11(2)18-9-16-13(6-7-19-16)10-20-14-5-4-12(3)15(17)8-14/h4-8,11,18H,9-10H2,1-3H3. The van der Waals surface area contributed by atoms with Crippen molar-refractivity contribution in [1.29, 1.82) is 0 Å². The molecule has 0 fully saturated rings. The van der Waals surface area contributed by atoms with Gasteiger partial charge in [-0.15, -0.1) is 0 Å². The Morgan fingerprint density at radius 2 is 2.10 bits per heavy atom. The quantitative estimate of drug-likeness (QED) is 0.872. The van der Waals surface area contributed by atoms with Gasteiger partial charge in [0.2, 0.25) is 0 Å². The SMILES string of the molecule is Cc1ccc(OCc2ccoc2CNC(C)C)cc1F. The zero-order valence-corrected chi connectivity index (χ0v) is 12.1. The van der Waals surface area contributed by atoms with E-state index in [1.807, 2.05) is 6.07 Å². The number of hydrogen-bond acceptors (Lipinski definition) is 3. The number of furan rings is 1. The minimum Gasteiger partial charge on any atom is -0.489 e. The van der Waals surface area contributed by atoms with Crippen molar-refractivity contribution in [1.82, 2.24) is 5.32 Å². The molecular weight excluding hydrogens is 257 g/mol. The molecule has 0 aliphatic rings. The number of hydrogen-bond donors (Lipinski definition) is 1. The molecule has 2 aromatic rings. The van der Waals surface area contributed by atoms with Crippen LogP contribution < -0.4 is 10.1 Å². The predicted molar refractivity (Wildman–Crippen MR) is 76.2 cm³/mol. The van der Waals surface area contributed by atoms with E-state index in [1.165, 1.54) is 6.07 Å². The topological polar surface area (TPSA) is 34.4 Å². The molecule has 20 heavy (non-hydrogen) atoms. The first-order chi connectivity index (χ1) is 9.56. The predicted octanol–water partition coefficient (Wildman–Crippen LogP) is 3.80. The number of ether oxygens (including phenoxy) is 1. The van der Waals surface area contributed by atoms with Crippen LogP contribution >= 0.6 is 0 Å². The first-order valence-corrected chi connectivity index (χ1v) is 6.74. The summed E-state index contributed by atoms with van der Waals surface area (Å²) >= 11 is 0. The third-order valence-corrected chi connectivity index (χ3v) is 3.05. The Balaban J connectivity index is 1.96. The Hall–Kier alpha value is -1.81. The molecule has 4 heteroatoms. The number of rotatable bonds is 6. The van der Waals surface area contributed by atoms with E-state index in [4.69, 9.17) is 9.15 Å². The summed E-state index contributed by atoms with van der Waals surface area (Å²) in [6, 6.07) is 7.15. The smallest absolute Gasteiger partial charge is 0.129 e. The molecule has 2 rings (SSSR count). The molecule has 0 unspecified atom stereocenters. The van der Waals surface area contributed by atoms with Crippen LogP contribution in [0.25, 0.3) is 0 Å². The van der Waals surface area contributed by atoms with Gasteiger partial charge in [-0.25, -0.2) is 4.39 Å². The Labute approximate surface area is 118 Å². The summed E-state index contributed by atoms with van der Waals surface area (Å²) in [7, 11) is 0. The van der Waals surface area contributed by atoms with Crippen LogP contribution in [0.15, 0.2) is 34.9 Å². The van der Waals surface area contributed by atoms with Gasteiger partial charge >= 0.3 is 0 Å². The maximum absolute atomic E-state index is 13.4. The first-order valence-electron chi connectivity index (χ1n) is 6.74. The van der Waals surface area contributed by atoms with Gasteiger partial charge in [-0.2, -0.15) is 0 Å². The van der Waals surface area contributed by atoms with Crippen LogP contribution in [0.4, 0.5) is 4.39 Å². The largest absolute Gasteiger partial charge is 0.489 e. The van der Waals surface area contributed by atoms with Gasteiger partial charge in [0.1, 0.15) is 23.9 Å². The zero-order valence-electron chi connectivity index (χ0n) is 12.1. The van der Waals surface area contributed by atoms with E-state index in [1.54, 1.807) is 25.3 Å². The van der Waals surface area contributed by atoms with Crippen LogP contribution in [0.1, 0.15) is 30.7 Å². The van der Waals surface area contributed by atoms with Crippen LogP contribution in [0, 0.1) is 12.7 Å². The molecule has 0 aliphatic heterocycles. The van der Waals surface area contributed by atoms with E-state index in [0.29, 0.717) is 30.5 Å². The molecule has 0 aliphatic carbocycles. The summed E-state index contributed by atoms with van der Waals surface area (Å²) in [5, 5.41) is 3.29. The lowest BCUT2D eigenvalue weighted by atomic mass is 10.2. The van der Waals surface area contributed by atoms with Crippen molar-refractivity contribution in [3.8, 4) is 5.75 Å². The molecule has 0 spiro atoms. The monoisotopic (exact) mass is 277 g/mol. The molecule has 1 aromatic heterocycles. The Bertz CT molecular complexity index is 563. The van der Waals surface area contributed by atoms with E-state index in [9.17, 15) is 4.39 Å². The van der Waals surface area contributed by atoms with Gasteiger partial charge in [0.25, 0.3) is 0 Å². The highest BCUT2D eigenvalue weighted by atomic mass is 19.1. The van der Waals surface area contributed by atoms with E-state index in [2.05, 4.69) is 19.2 Å². The lowest BCUT2D eigenvalue weighted by molar-refractivity contribution is 0.299. The van der Waals surface area contributed by atoms with Crippen molar-refractivity contribution in [2.75, 3.05) is 0 Å². The lowest BCUT2D eigenvalue weighted by Crippen LogP contribution is -2.22. The van der Waals surface area contributed by atoms with Crippen LogP contribution in [-0.2, 0) is 13.2 Å². The number of halogens is 1. The first kappa shape index (κ1) is 14.6. The highest BCUT2D eigenvalue weighted by molar-refractivity contribution is 5.28. The van der Waals surface area contributed by atoms with Gasteiger partial charge in [-0.1, -0.05) is 19.9 Å². The summed E-state index contributed by atoms with van der Waals surface area (Å²) < 4.78 is 24.5. The van der Waals surface area contributed by atoms with Crippen molar-refractivity contribution in [3.05, 3.63) is 53.2 Å². The van der Waals surface area contributed by atoms with Gasteiger partial charge in [0.15, 0.2) is 0 Å². The average molecular weight is 277 g/mol. The van der Waals surface area contributed by atoms with Gasteiger partial charge in [-0.05, 0) is 24.6 Å².